The molecule has 0 spiro atoms. The van der Waals surface area contributed by atoms with Gasteiger partial charge >= 0.3 is 5.97 Å². The Morgan fingerprint density at radius 2 is 1.75 bits per heavy atom. The zero-order chi connectivity index (χ0) is 24.8. The maximum atomic E-state index is 14.8. The van der Waals surface area contributed by atoms with Crippen molar-refractivity contribution < 1.29 is 23.2 Å². The molecule has 0 bridgehead atoms. The third kappa shape index (κ3) is 4.07. The summed E-state index contributed by atoms with van der Waals surface area (Å²) in [7, 11) is 0. The van der Waals surface area contributed by atoms with E-state index in [0.717, 1.165) is 18.4 Å². The van der Waals surface area contributed by atoms with Crippen molar-refractivity contribution in [2.24, 2.45) is 5.92 Å². The van der Waals surface area contributed by atoms with Crippen LogP contribution in [0.1, 0.15) is 36.4 Å². The Morgan fingerprint density at radius 1 is 0.972 bits per heavy atom. The molecule has 1 aromatic heterocycles. The second kappa shape index (κ2) is 8.95. The maximum Gasteiger partial charge on any atom is 0.306 e. The van der Waals surface area contributed by atoms with Gasteiger partial charge in [0, 0.05) is 34.3 Å². The number of benzene rings is 3. The number of aromatic nitrogens is 2. The molecule has 182 valence electrons. The molecule has 1 saturated carbocycles. The van der Waals surface area contributed by atoms with Crippen LogP contribution in [0, 0.1) is 17.6 Å². The van der Waals surface area contributed by atoms with Crippen molar-refractivity contribution in [2.45, 2.75) is 37.8 Å². The molecule has 2 aliphatic rings. The molecule has 0 amide bonds. The lowest BCUT2D eigenvalue weighted by Gasteiger charge is -2.35. The lowest BCUT2D eigenvalue weighted by molar-refractivity contribution is -0.145. The van der Waals surface area contributed by atoms with Gasteiger partial charge in [-0.25, -0.2) is 8.78 Å². The van der Waals surface area contributed by atoms with E-state index in [1.807, 2.05) is 12.1 Å². The van der Waals surface area contributed by atoms with Crippen LogP contribution in [0.3, 0.4) is 0 Å². The van der Waals surface area contributed by atoms with Crippen molar-refractivity contribution in [2.75, 3.05) is 0 Å². The number of nitrogens with zero attached hydrogens (tertiary/aromatic N) is 2. The Hall–Kier alpha value is -3.91. The lowest BCUT2D eigenvalue weighted by Crippen LogP contribution is -2.45. The quantitative estimate of drug-likeness (QED) is 0.358. The van der Waals surface area contributed by atoms with Gasteiger partial charge in [0.15, 0.2) is 0 Å². The van der Waals surface area contributed by atoms with Crippen molar-refractivity contribution in [1.29, 1.82) is 0 Å². The van der Waals surface area contributed by atoms with Gasteiger partial charge in [-0.15, -0.1) is 0 Å². The number of aliphatic carboxylic acids is 1. The minimum atomic E-state index is -0.715. The zero-order valence-electron chi connectivity index (χ0n) is 19.2. The van der Waals surface area contributed by atoms with Crippen LogP contribution in [0.25, 0.3) is 34.0 Å². The maximum absolute atomic E-state index is 14.8. The Labute approximate surface area is 206 Å². The molecule has 6 rings (SSSR count). The fourth-order valence-corrected chi connectivity index (χ4v) is 5.17. The number of hydrogen-bond acceptors (Lipinski definition) is 5. The molecule has 1 unspecified atom stereocenters. The highest BCUT2D eigenvalue weighted by Gasteiger charge is 2.36. The first kappa shape index (κ1) is 22.5. The summed E-state index contributed by atoms with van der Waals surface area (Å²) in [4.78, 5) is 15.5. The van der Waals surface area contributed by atoms with Crippen LogP contribution in [0.4, 0.5) is 8.78 Å². The fraction of sp³-hybridized carbons (Fsp3) is 0.250. The van der Waals surface area contributed by atoms with Gasteiger partial charge in [-0.2, -0.15) is 4.98 Å². The summed E-state index contributed by atoms with van der Waals surface area (Å²) in [5.74, 6) is -1.42. The summed E-state index contributed by atoms with van der Waals surface area (Å²) in [5.41, 5.74) is 3.99. The molecule has 1 heterocycles. The van der Waals surface area contributed by atoms with Crippen LogP contribution in [0.15, 0.2) is 65.2 Å². The molecule has 0 aliphatic heterocycles. The summed E-state index contributed by atoms with van der Waals surface area (Å²) in [5, 5.41) is 16.8. The van der Waals surface area contributed by atoms with E-state index in [-0.39, 0.29) is 35.0 Å². The van der Waals surface area contributed by atoms with Gasteiger partial charge < -0.3 is 14.9 Å². The van der Waals surface area contributed by atoms with Crippen molar-refractivity contribution >= 4 is 5.97 Å². The lowest BCUT2D eigenvalue weighted by atomic mass is 9.80. The third-order valence-corrected chi connectivity index (χ3v) is 7.21. The first-order valence-corrected chi connectivity index (χ1v) is 12.0. The van der Waals surface area contributed by atoms with Gasteiger partial charge in [-0.3, -0.25) is 4.79 Å². The molecule has 2 N–H and O–H groups in total. The van der Waals surface area contributed by atoms with Gasteiger partial charge in [0.25, 0.3) is 5.89 Å². The standard InChI is InChI=1S/C28H23F2N3O3/c29-23-4-2-1-3-21(23)22-9-6-17(14-24(22)30)27-32-26(33-36-27)16-5-8-20-15(11-16)7-10-25(20)31-19-12-18(13-19)28(34)35/h1-6,8-9,11,14,18-19,25,31H,7,10,12-13H2,(H,34,35). The Kier molecular flexibility index (Phi) is 5.60. The van der Waals surface area contributed by atoms with Crippen molar-refractivity contribution in [1.82, 2.24) is 15.5 Å². The molecule has 1 atom stereocenters. The largest absolute Gasteiger partial charge is 0.481 e. The second-order valence-electron chi connectivity index (χ2n) is 9.47. The predicted molar refractivity (Wildman–Crippen MR) is 129 cm³/mol. The number of carboxylic acids is 1. The Balaban J connectivity index is 1.19. The predicted octanol–water partition coefficient (Wildman–Crippen LogP) is 5.79. The Bertz CT molecular complexity index is 1460. The van der Waals surface area contributed by atoms with E-state index in [2.05, 4.69) is 21.5 Å². The highest BCUT2D eigenvalue weighted by atomic mass is 19.1. The normalized spacial score (nSPS) is 20.7. The van der Waals surface area contributed by atoms with Gasteiger partial charge in [0.1, 0.15) is 11.6 Å². The molecule has 0 saturated heterocycles. The molecule has 6 nitrogen and oxygen atoms in total. The monoisotopic (exact) mass is 487 g/mol. The van der Waals surface area contributed by atoms with Crippen LogP contribution in [-0.2, 0) is 11.2 Å². The molecule has 1 fully saturated rings. The number of nitrogens with one attached hydrogen (secondary N) is 1. The van der Waals surface area contributed by atoms with Crippen molar-refractivity contribution in [3.8, 4) is 34.0 Å². The topological polar surface area (TPSA) is 88.2 Å². The van der Waals surface area contributed by atoms with E-state index >= 15 is 0 Å². The summed E-state index contributed by atoms with van der Waals surface area (Å²) < 4.78 is 34.3. The van der Waals surface area contributed by atoms with E-state index < -0.39 is 17.6 Å². The van der Waals surface area contributed by atoms with Crippen LogP contribution in [0.2, 0.25) is 0 Å². The molecule has 36 heavy (non-hydrogen) atoms. The number of rotatable bonds is 6. The number of carbonyl (C=O) groups is 1. The first-order chi connectivity index (χ1) is 17.5. The van der Waals surface area contributed by atoms with Crippen LogP contribution >= 0.6 is 0 Å². The van der Waals surface area contributed by atoms with E-state index in [0.29, 0.717) is 24.2 Å². The molecular formula is C28H23F2N3O3. The Morgan fingerprint density at radius 3 is 2.53 bits per heavy atom. The smallest absolute Gasteiger partial charge is 0.306 e. The number of hydrogen-bond donors (Lipinski definition) is 2. The number of carboxylic acid groups (broad SMARTS) is 1. The average Bonchev–Trinajstić information content (AvgIpc) is 3.49. The van der Waals surface area contributed by atoms with E-state index in [1.165, 1.54) is 35.4 Å². The first-order valence-electron chi connectivity index (χ1n) is 12.0. The van der Waals surface area contributed by atoms with Gasteiger partial charge in [0.05, 0.1) is 5.92 Å². The zero-order valence-corrected chi connectivity index (χ0v) is 19.2. The van der Waals surface area contributed by atoms with Gasteiger partial charge in [-0.1, -0.05) is 41.6 Å². The van der Waals surface area contributed by atoms with E-state index in [9.17, 15) is 13.6 Å². The highest BCUT2D eigenvalue weighted by Crippen LogP contribution is 2.37. The number of fused-ring (bicyclic) bond motifs is 1. The molecule has 8 heteroatoms. The summed E-state index contributed by atoms with van der Waals surface area (Å²) >= 11 is 0. The molecule has 2 aliphatic carbocycles. The summed E-state index contributed by atoms with van der Waals surface area (Å²) in [6.07, 6.45) is 3.21. The van der Waals surface area contributed by atoms with E-state index in [1.54, 1.807) is 18.2 Å². The molecular weight excluding hydrogens is 464 g/mol. The van der Waals surface area contributed by atoms with Crippen LogP contribution in [0.5, 0.6) is 0 Å². The van der Waals surface area contributed by atoms with Crippen LogP contribution < -0.4 is 5.32 Å². The second-order valence-corrected chi connectivity index (χ2v) is 9.47. The minimum Gasteiger partial charge on any atom is -0.481 e. The van der Waals surface area contributed by atoms with Crippen LogP contribution in [-0.4, -0.2) is 27.3 Å². The highest BCUT2D eigenvalue weighted by molar-refractivity contribution is 5.71. The summed E-state index contributed by atoms with van der Waals surface area (Å²) in [6, 6.07) is 17.0. The van der Waals surface area contributed by atoms with E-state index in [4.69, 9.17) is 9.63 Å². The summed E-state index contributed by atoms with van der Waals surface area (Å²) in [6.45, 7) is 0. The average molecular weight is 488 g/mol. The third-order valence-electron chi connectivity index (χ3n) is 7.21. The van der Waals surface area contributed by atoms with Crippen molar-refractivity contribution in [3.63, 3.8) is 0 Å². The fourth-order valence-electron chi connectivity index (χ4n) is 5.17. The van der Waals surface area contributed by atoms with Gasteiger partial charge in [0.2, 0.25) is 5.82 Å². The SMILES string of the molecule is O=C(O)C1CC(NC2CCc3cc(-c4noc(-c5ccc(-c6ccccc6F)c(F)c5)n4)ccc32)C1. The molecule has 3 aromatic carbocycles. The van der Waals surface area contributed by atoms with Gasteiger partial charge in [-0.05, 0) is 61.1 Å². The molecule has 4 aromatic rings. The molecule has 0 radical (unpaired) electrons. The number of halogens is 2. The number of aryl methyl sites for hydroxylation is 1. The minimum absolute atomic E-state index is 0.166. The van der Waals surface area contributed by atoms with Crippen molar-refractivity contribution in [3.05, 3.63) is 83.4 Å².